The van der Waals surface area contributed by atoms with Gasteiger partial charge in [0.2, 0.25) is 5.88 Å². The minimum absolute atomic E-state index is 0.0445. The van der Waals surface area contributed by atoms with E-state index in [0.29, 0.717) is 11.2 Å². The number of nitrogens with one attached hydrogen (secondary N) is 2. The van der Waals surface area contributed by atoms with E-state index in [1.807, 2.05) is 0 Å². The first-order valence-corrected chi connectivity index (χ1v) is 6.81. The van der Waals surface area contributed by atoms with E-state index in [1.54, 1.807) is 30.3 Å². The lowest BCUT2D eigenvalue weighted by Gasteiger charge is -1.99. The number of benzene rings is 2. The number of nitro benzene ring substituents is 1. The van der Waals surface area contributed by atoms with Crippen LogP contribution in [0.5, 0.6) is 5.88 Å². The van der Waals surface area contributed by atoms with Crippen LogP contribution < -0.4 is 5.32 Å². The molecule has 120 valence electrons. The highest BCUT2D eigenvalue weighted by Crippen LogP contribution is 2.37. The summed E-state index contributed by atoms with van der Waals surface area (Å²) in [5, 5.41) is 30.7. The number of non-ortho nitro benzene ring substituents is 1. The molecular weight excluding hydrogens is 314 g/mol. The van der Waals surface area contributed by atoms with Gasteiger partial charge in [-0.05, 0) is 18.2 Å². The van der Waals surface area contributed by atoms with Crippen molar-refractivity contribution in [3.05, 3.63) is 58.6 Å². The lowest BCUT2D eigenvalue weighted by molar-refractivity contribution is -0.384. The number of carbonyl (C=O) groups excluding carboxylic acids is 1. The van der Waals surface area contributed by atoms with Crippen LogP contribution in [0.2, 0.25) is 0 Å². The number of anilines is 1. The van der Waals surface area contributed by atoms with Gasteiger partial charge >= 0.3 is 6.03 Å². The van der Waals surface area contributed by atoms with E-state index in [-0.39, 0.29) is 22.6 Å². The summed E-state index contributed by atoms with van der Waals surface area (Å²) in [7, 11) is 0. The minimum Gasteiger partial charge on any atom is -0.493 e. The second-order valence-electron chi connectivity index (χ2n) is 4.81. The first kappa shape index (κ1) is 15.2. The second-order valence-corrected chi connectivity index (χ2v) is 4.81. The van der Waals surface area contributed by atoms with E-state index in [2.05, 4.69) is 20.5 Å². The predicted molar refractivity (Wildman–Crippen MR) is 86.6 cm³/mol. The summed E-state index contributed by atoms with van der Waals surface area (Å²) in [6.45, 7) is 0. The summed E-state index contributed by atoms with van der Waals surface area (Å²) in [5.41, 5.74) is 0.777. The van der Waals surface area contributed by atoms with Gasteiger partial charge in [-0.3, -0.25) is 10.1 Å². The molecule has 3 rings (SSSR count). The molecule has 0 aliphatic heterocycles. The van der Waals surface area contributed by atoms with E-state index in [9.17, 15) is 20.0 Å². The number of nitro groups is 1. The fraction of sp³-hybridized carbons (Fsp3) is 0. The van der Waals surface area contributed by atoms with Gasteiger partial charge in [-0.2, -0.15) is 0 Å². The second kappa shape index (κ2) is 6.16. The number of amides is 2. The Morgan fingerprint density at radius 2 is 1.96 bits per heavy atom. The third-order valence-corrected chi connectivity index (χ3v) is 3.21. The van der Waals surface area contributed by atoms with Gasteiger partial charge in [0.05, 0.1) is 10.4 Å². The summed E-state index contributed by atoms with van der Waals surface area (Å²) in [5.74, 6) is -0.332. The first-order chi connectivity index (χ1) is 11.5. The minimum atomic E-state index is -0.736. The molecule has 1 heterocycles. The van der Waals surface area contributed by atoms with E-state index < -0.39 is 11.0 Å². The SMILES string of the molecule is O=C(N=Nc1c(O)[nH]c2ccc([N+](=O)[O-])cc12)Nc1ccccc1. The quantitative estimate of drug-likeness (QED) is 0.380. The number of hydrogen-bond donors (Lipinski definition) is 3. The molecule has 0 bridgehead atoms. The van der Waals surface area contributed by atoms with Crippen molar-refractivity contribution in [3.8, 4) is 5.88 Å². The van der Waals surface area contributed by atoms with Crippen LogP contribution in [0.4, 0.5) is 21.9 Å². The Balaban J connectivity index is 1.88. The molecule has 0 saturated heterocycles. The highest BCUT2D eigenvalue weighted by atomic mass is 16.6. The monoisotopic (exact) mass is 325 g/mol. The van der Waals surface area contributed by atoms with Crippen molar-refractivity contribution in [2.45, 2.75) is 0 Å². The molecule has 24 heavy (non-hydrogen) atoms. The molecule has 3 aromatic rings. The highest BCUT2D eigenvalue weighted by Gasteiger charge is 2.15. The number of aromatic amines is 1. The Hall–Kier alpha value is -3.75. The maximum atomic E-state index is 11.8. The van der Waals surface area contributed by atoms with Gasteiger partial charge in [0, 0.05) is 23.2 Å². The molecule has 0 radical (unpaired) electrons. The zero-order valence-electron chi connectivity index (χ0n) is 12.1. The Labute approximate surface area is 134 Å². The van der Waals surface area contributed by atoms with Crippen molar-refractivity contribution in [1.29, 1.82) is 0 Å². The summed E-state index contributed by atoms with van der Waals surface area (Å²) >= 11 is 0. The molecule has 9 nitrogen and oxygen atoms in total. The number of nitrogens with zero attached hydrogens (tertiary/aromatic N) is 3. The van der Waals surface area contributed by atoms with Crippen molar-refractivity contribution >= 4 is 34.0 Å². The molecule has 9 heteroatoms. The van der Waals surface area contributed by atoms with Crippen LogP contribution in [0.25, 0.3) is 10.9 Å². The van der Waals surface area contributed by atoms with Crippen LogP contribution in [0, 0.1) is 10.1 Å². The van der Waals surface area contributed by atoms with Gasteiger partial charge in [-0.1, -0.05) is 23.3 Å². The van der Waals surface area contributed by atoms with Crippen molar-refractivity contribution in [1.82, 2.24) is 4.98 Å². The summed E-state index contributed by atoms with van der Waals surface area (Å²) < 4.78 is 0. The Bertz CT molecular complexity index is 949. The molecule has 2 amide bonds. The molecular formula is C15H11N5O4. The van der Waals surface area contributed by atoms with Crippen molar-refractivity contribution in [2.24, 2.45) is 10.2 Å². The third-order valence-electron chi connectivity index (χ3n) is 3.21. The number of aromatic hydroxyl groups is 1. The largest absolute Gasteiger partial charge is 0.493 e. The Morgan fingerprint density at radius 1 is 1.21 bits per heavy atom. The molecule has 2 aromatic carbocycles. The smallest absolute Gasteiger partial charge is 0.364 e. The average Bonchev–Trinajstić information content (AvgIpc) is 2.88. The van der Waals surface area contributed by atoms with Crippen molar-refractivity contribution < 1.29 is 14.8 Å². The van der Waals surface area contributed by atoms with Crippen LogP contribution in [0.15, 0.2) is 58.8 Å². The molecule has 1 aromatic heterocycles. The topological polar surface area (TPSA) is 133 Å². The lowest BCUT2D eigenvalue weighted by Crippen LogP contribution is -2.04. The number of para-hydroxylation sites is 1. The zero-order chi connectivity index (χ0) is 17.1. The molecule has 0 atom stereocenters. The van der Waals surface area contributed by atoms with Gasteiger partial charge in [-0.25, -0.2) is 4.79 Å². The van der Waals surface area contributed by atoms with Crippen LogP contribution >= 0.6 is 0 Å². The number of urea groups is 1. The number of fused-ring (bicyclic) bond motifs is 1. The number of carbonyl (C=O) groups is 1. The van der Waals surface area contributed by atoms with Gasteiger partial charge < -0.3 is 15.4 Å². The van der Waals surface area contributed by atoms with Crippen LogP contribution in [0.1, 0.15) is 0 Å². The number of azo groups is 1. The number of aromatic nitrogens is 1. The van der Waals surface area contributed by atoms with E-state index in [1.165, 1.54) is 18.2 Å². The van der Waals surface area contributed by atoms with E-state index >= 15 is 0 Å². The summed E-state index contributed by atoms with van der Waals surface area (Å²) in [6, 6.07) is 11.9. The van der Waals surface area contributed by atoms with Gasteiger partial charge in [0.25, 0.3) is 5.69 Å². The normalized spacial score (nSPS) is 11.0. The number of rotatable bonds is 3. The van der Waals surface area contributed by atoms with Gasteiger partial charge in [0.15, 0.2) is 5.69 Å². The number of H-pyrrole nitrogens is 1. The predicted octanol–water partition coefficient (Wildman–Crippen LogP) is 4.10. The third kappa shape index (κ3) is 3.04. The van der Waals surface area contributed by atoms with Crippen molar-refractivity contribution in [3.63, 3.8) is 0 Å². The van der Waals surface area contributed by atoms with E-state index in [4.69, 9.17) is 0 Å². The number of hydrogen-bond acceptors (Lipinski definition) is 5. The molecule has 0 aliphatic carbocycles. The Morgan fingerprint density at radius 3 is 2.67 bits per heavy atom. The first-order valence-electron chi connectivity index (χ1n) is 6.81. The van der Waals surface area contributed by atoms with Gasteiger partial charge in [-0.15, -0.1) is 5.11 Å². The maximum Gasteiger partial charge on any atom is 0.364 e. The standard InChI is InChI=1S/C15H11N5O4/c21-14-13(11-8-10(20(23)24)6-7-12(11)17-14)18-19-15(22)16-9-4-2-1-3-5-9/h1-8,17,21H,(H,16,22). The average molecular weight is 325 g/mol. The molecule has 0 spiro atoms. The lowest BCUT2D eigenvalue weighted by atomic mass is 10.2. The fourth-order valence-corrected chi connectivity index (χ4v) is 2.13. The Kier molecular flexibility index (Phi) is 3.89. The van der Waals surface area contributed by atoms with E-state index in [0.717, 1.165) is 0 Å². The maximum absolute atomic E-state index is 11.8. The molecule has 0 fully saturated rings. The van der Waals surface area contributed by atoms with Gasteiger partial charge in [0.1, 0.15) is 0 Å². The molecule has 0 saturated carbocycles. The molecule has 0 unspecified atom stereocenters. The fourth-order valence-electron chi connectivity index (χ4n) is 2.13. The van der Waals surface area contributed by atoms with Crippen LogP contribution in [-0.2, 0) is 0 Å². The summed E-state index contributed by atoms with van der Waals surface area (Å²) in [6.07, 6.45) is 0. The highest BCUT2D eigenvalue weighted by molar-refractivity contribution is 5.96. The van der Waals surface area contributed by atoms with Crippen LogP contribution in [-0.4, -0.2) is 21.0 Å². The van der Waals surface area contributed by atoms with Crippen LogP contribution in [0.3, 0.4) is 0 Å². The molecule has 3 N–H and O–H groups in total. The summed E-state index contributed by atoms with van der Waals surface area (Å²) in [4.78, 5) is 24.7. The zero-order valence-corrected chi connectivity index (χ0v) is 12.1. The molecule has 0 aliphatic rings. The van der Waals surface area contributed by atoms with Crippen molar-refractivity contribution in [2.75, 3.05) is 5.32 Å².